The van der Waals surface area contributed by atoms with E-state index in [2.05, 4.69) is 5.32 Å². The molecule has 1 amide bonds. The van der Waals surface area contributed by atoms with Crippen LogP contribution in [0.4, 0.5) is 10.7 Å². The van der Waals surface area contributed by atoms with Crippen molar-refractivity contribution in [2.75, 3.05) is 11.9 Å². The molecule has 0 bridgehead atoms. The first-order valence-electron chi connectivity index (χ1n) is 9.90. The third-order valence-electron chi connectivity index (χ3n) is 4.79. The van der Waals surface area contributed by atoms with Gasteiger partial charge in [-0.25, -0.2) is 4.79 Å². The number of carbonyl (C=O) groups is 2. The fourth-order valence-corrected chi connectivity index (χ4v) is 4.27. The number of nitrogens with zero attached hydrogens (tertiary/aromatic N) is 2. The van der Waals surface area contributed by atoms with Crippen LogP contribution in [0.1, 0.15) is 33.5 Å². The Balaban J connectivity index is 1.90. The van der Waals surface area contributed by atoms with Crippen molar-refractivity contribution in [1.82, 2.24) is 0 Å². The average molecular weight is 500 g/mol. The van der Waals surface area contributed by atoms with E-state index in [-0.39, 0.29) is 50.5 Å². The van der Waals surface area contributed by atoms with Crippen molar-refractivity contribution in [3.8, 4) is 17.4 Å². The number of anilines is 1. The van der Waals surface area contributed by atoms with Gasteiger partial charge in [-0.15, -0.1) is 11.3 Å². The average Bonchev–Trinajstić information content (AvgIpc) is 3.36. The summed E-state index contributed by atoms with van der Waals surface area (Å²) in [6.07, 6.45) is 1.21. The molecular weight excluding hydrogens is 482 g/mol. The Kier molecular flexibility index (Phi) is 7.50. The van der Waals surface area contributed by atoms with Crippen LogP contribution in [0, 0.1) is 35.3 Å². The molecule has 0 aliphatic rings. The molecule has 1 aromatic carbocycles. The largest absolute Gasteiger partial charge is 0.462 e. The van der Waals surface area contributed by atoms with Gasteiger partial charge in [-0.05, 0) is 50.6 Å². The van der Waals surface area contributed by atoms with E-state index in [1.165, 1.54) is 47.7 Å². The standard InChI is InChI=1S/C23H18ClN3O6S/c1-4-32-23(29)20-12(2)13(3)34-22(20)26-21(28)14(11-25)9-16-6-8-19(33-16)17-7-5-15(24)10-18(17)27(30)31/h5-10H,4H2,1-3H3,(H,26,28). The van der Waals surface area contributed by atoms with Gasteiger partial charge in [0.15, 0.2) is 0 Å². The molecule has 0 aliphatic heterocycles. The quantitative estimate of drug-likeness (QED) is 0.140. The van der Waals surface area contributed by atoms with Gasteiger partial charge in [-0.2, -0.15) is 5.26 Å². The second-order valence-electron chi connectivity index (χ2n) is 6.95. The SMILES string of the molecule is CCOC(=O)c1c(NC(=O)C(C#N)=Cc2ccc(-c3ccc(Cl)cc3[N+](=O)[O-])o2)sc(C)c1C. The molecule has 0 aliphatic carbocycles. The van der Waals surface area contributed by atoms with Gasteiger partial charge in [0.2, 0.25) is 0 Å². The number of nitro groups is 1. The molecule has 0 atom stereocenters. The van der Waals surface area contributed by atoms with Gasteiger partial charge >= 0.3 is 5.97 Å². The maximum Gasteiger partial charge on any atom is 0.341 e. The molecular formula is C23H18ClN3O6S. The van der Waals surface area contributed by atoms with E-state index >= 15 is 0 Å². The summed E-state index contributed by atoms with van der Waals surface area (Å²) in [6, 6.07) is 8.90. The first-order valence-corrected chi connectivity index (χ1v) is 11.1. The summed E-state index contributed by atoms with van der Waals surface area (Å²) in [4.78, 5) is 36.7. The summed E-state index contributed by atoms with van der Waals surface area (Å²) in [5.41, 5.74) is 0.586. The number of thiophene rings is 1. The van der Waals surface area contributed by atoms with Crippen LogP contribution in [0.3, 0.4) is 0 Å². The smallest absolute Gasteiger partial charge is 0.341 e. The fourth-order valence-electron chi connectivity index (χ4n) is 3.06. The minimum absolute atomic E-state index is 0.134. The van der Waals surface area contributed by atoms with Gasteiger partial charge in [0, 0.05) is 22.0 Å². The van der Waals surface area contributed by atoms with Crippen molar-refractivity contribution in [2.45, 2.75) is 20.8 Å². The second kappa shape index (κ2) is 10.3. The fraction of sp³-hybridized carbons (Fsp3) is 0.174. The Morgan fingerprint density at radius 1 is 1.32 bits per heavy atom. The highest BCUT2D eigenvalue weighted by Gasteiger charge is 2.24. The van der Waals surface area contributed by atoms with E-state index in [9.17, 15) is 25.0 Å². The number of ether oxygens (including phenoxy) is 1. The van der Waals surface area contributed by atoms with Crippen LogP contribution in [0.15, 0.2) is 40.3 Å². The molecule has 3 rings (SSSR count). The van der Waals surface area contributed by atoms with Crippen LogP contribution in [-0.4, -0.2) is 23.4 Å². The number of esters is 1. The van der Waals surface area contributed by atoms with E-state index < -0.39 is 16.8 Å². The van der Waals surface area contributed by atoms with Crippen LogP contribution < -0.4 is 5.32 Å². The molecule has 0 fully saturated rings. The highest BCUT2D eigenvalue weighted by Crippen LogP contribution is 2.35. The number of hydrogen-bond acceptors (Lipinski definition) is 8. The van der Waals surface area contributed by atoms with Crippen LogP contribution in [0.25, 0.3) is 17.4 Å². The van der Waals surface area contributed by atoms with E-state index in [1.54, 1.807) is 26.8 Å². The van der Waals surface area contributed by atoms with E-state index in [0.29, 0.717) is 5.56 Å². The maximum absolute atomic E-state index is 12.8. The molecule has 0 spiro atoms. The number of rotatable bonds is 7. The molecule has 174 valence electrons. The number of amides is 1. The van der Waals surface area contributed by atoms with Crippen LogP contribution in [0.2, 0.25) is 5.02 Å². The number of hydrogen-bond donors (Lipinski definition) is 1. The van der Waals surface area contributed by atoms with Crippen molar-refractivity contribution in [3.63, 3.8) is 0 Å². The summed E-state index contributed by atoms with van der Waals surface area (Å²) in [7, 11) is 0. The number of nitriles is 1. The first kappa shape index (κ1) is 24.7. The number of nitrogens with one attached hydrogen (secondary N) is 1. The highest BCUT2D eigenvalue weighted by atomic mass is 35.5. The van der Waals surface area contributed by atoms with Crippen LogP contribution >= 0.6 is 22.9 Å². The van der Waals surface area contributed by atoms with E-state index in [0.717, 1.165) is 4.88 Å². The lowest BCUT2D eigenvalue weighted by Gasteiger charge is -2.06. The number of aryl methyl sites for hydroxylation is 1. The number of nitro benzene ring substituents is 1. The normalized spacial score (nSPS) is 11.1. The third kappa shape index (κ3) is 5.17. The van der Waals surface area contributed by atoms with Crippen molar-refractivity contribution < 1.29 is 23.7 Å². The summed E-state index contributed by atoms with van der Waals surface area (Å²) in [6.45, 7) is 5.41. The Morgan fingerprint density at radius 3 is 2.71 bits per heavy atom. The maximum atomic E-state index is 12.8. The zero-order chi connectivity index (χ0) is 25.0. The Labute approximate surface area is 203 Å². The number of furan rings is 1. The highest BCUT2D eigenvalue weighted by molar-refractivity contribution is 7.16. The molecule has 9 nitrogen and oxygen atoms in total. The molecule has 3 aromatic rings. The predicted molar refractivity (Wildman–Crippen MR) is 128 cm³/mol. The van der Waals surface area contributed by atoms with Crippen molar-refractivity contribution in [3.05, 3.63) is 72.8 Å². The lowest BCUT2D eigenvalue weighted by molar-refractivity contribution is -0.384. The number of benzene rings is 1. The van der Waals surface area contributed by atoms with Crippen molar-refractivity contribution in [2.24, 2.45) is 0 Å². The van der Waals surface area contributed by atoms with E-state index in [4.69, 9.17) is 20.8 Å². The third-order valence-corrected chi connectivity index (χ3v) is 6.15. The van der Waals surface area contributed by atoms with E-state index in [1.807, 2.05) is 0 Å². The summed E-state index contributed by atoms with van der Waals surface area (Å²) in [5, 5.41) is 23.9. The molecule has 34 heavy (non-hydrogen) atoms. The molecule has 11 heteroatoms. The summed E-state index contributed by atoms with van der Waals surface area (Å²) < 4.78 is 10.7. The number of carbonyl (C=O) groups excluding carboxylic acids is 2. The topological polar surface area (TPSA) is 135 Å². The zero-order valence-electron chi connectivity index (χ0n) is 18.3. The van der Waals surface area contributed by atoms with Gasteiger partial charge in [-0.1, -0.05) is 11.6 Å². The molecule has 2 heterocycles. The molecule has 0 radical (unpaired) electrons. The van der Waals surface area contributed by atoms with Crippen LogP contribution in [0.5, 0.6) is 0 Å². The minimum Gasteiger partial charge on any atom is -0.462 e. The lowest BCUT2D eigenvalue weighted by Crippen LogP contribution is -2.16. The molecule has 0 unspecified atom stereocenters. The monoisotopic (exact) mass is 499 g/mol. The summed E-state index contributed by atoms with van der Waals surface area (Å²) >= 11 is 7.05. The Hall–Kier alpha value is -3.94. The molecule has 0 saturated heterocycles. The first-order chi connectivity index (χ1) is 16.2. The molecule has 1 N–H and O–H groups in total. The van der Waals surface area contributed by atoms with Crippen molar-refractivity contribution in [1.29, 1.82) is 5.26 Å². The Bertz CT molecular complexity index is 1370. The van der Waals surface area contributed by atoms with Gasteiger partial charge in [0.05, 0.1) is 22.7 Å². The Morgan fingerprint density at radius 2 is 2.06 bits per heavy atom. The van der Waals surface area contributed by atoms with Crippen LogP contribution in [-0.2, 0) is 9.53 Å². The zero-order valence-corrected chi connectivity index (χ0v) is 19.9. The second-order valence-corrected chi connectivity index (χ2v) is 8.61. The molecule has 2 aromatic heterocycles. The van der Waals surface area contributed by atoms with Gasteiger partial charge in [-0.3, -0.25) is 14.9 Å². The number of halogens is 1. The van der Waals surface area contributed by atoms with Gasteiger partial charge < -0.3 is 14.5 Å². The molecule has 0 saturated carbocycles. The van der Waals surface area contributed by atoms with Crippen molar-refractivity contribution >= 4 is 51.6 Å². The lowest BCUT2D eigenvalue weighted by atomic mass is 10.1. The van der Waals surface area contributed by atoms with Gasteiger partial charge in [0.1, 0.15) is 28.2 Å². The summed E-state index contributed by atoms with van der Waals surface area (Å²) in [5.74, 6) is -1.01. The predicted octanol–water partition coefficient (Wildman–Crippen LogP) is 5.91. The minimum atomic E-state index is -0.746. The van der Waals surface area contributed by atoms with Gasteiger partial charge in [0.25, 0.3) is 11.6 Å².